The van der Waals surface area contributed by atoms with Crippen LogP contribution in [0.2, 0.25) is 0 Å². The molecule has 2 atom stereocenters. The van der Waals surface area contributed by atoms with Crippen LogP contribution in [0.25, 0.3) is 0 Å². The first kappa shape index (κ1) is 18.9. The minimum atomic E-state index is 0. The normalized spacial score (nSPS) is 26.4. The molecule has 0 radical (unpaired) electrons. The van der Waals surface area contributed by atoms with Crippen molar-refractivity contribution < 1.29 is 0 Å². The standard InChI is InChI=1S/C18H27N3S.HI/c1-18(2)13-21(9-10-22-18)17(19-3)20-12-15-11-16(15)14-7-5-4-6-8-14;/h4-8,15-16H,9-13H2,1-3H3,(H,19,20);1H. The molecule has 2 fully saturated rings. The molecule has 128 valence electrons. The molecular formula is C18H28IN3S. The van der Waals surface area contributed by atoms with Crippen molar-refractivity contribution in [1.29, 1.82) is 0 Å². The molecule has 1 aromatic carbocycles. The molecule has 0 bridgehead atoms. The Bertz CT molecular complexity index is 532. The van der Waals surface area contributed by atoms with Crippen molar-refractivity contribution in [1.82, 2.24) is 10.2 Å². The van der Waals surface area contributed by atoms with E-state index in [4.69, 9.17) is 0 Å². The number of nitrogens with one attached hydrogen (secondary N) is 1. The molecule has 1 aliphatic carbocycles. The summed E-state index contributed by atoms with van der Waals surface area (Å²) in [5, 5.41) is 3.61. The van der Waals surface area contributed by atoms with Gasteiger partial charge in [-0.25, -0.2) is 0 Å². The SMILES string of the molecule is CN=C(NCC1CC1c1ccccc1)N1CCSC(C)(C)C1.I. The van der Waals surface area contributed by atoms with Crippen LogP contribution in [-0.2, 0) is 0 Å². The Morgan fingerprint density at radius 3 is 2.74 bits per heavy atom. The molecule has 23 heavy (non-hydrogen) atoms. The predicted octanol–water partition coefficient (Wildman–Crippen LogP) is 3.81. The summed E-state index contributed by atoms with van der Waals surface area (Å²) >= 11 is 2.06. The van der Waals surface area contributed by atoms with E-state index in [2.05, 4.69) is 71.2 Å². The van der Waals surface area contributed by atoms with Crippen molar-refractivity contribution in [3.8, 4) is 0 Å². The number of benzene rings is 1. The van der Waals surface area contributed by atoms with Gasteiger partial charge in [0, 0.05) is 37.2 Å². The van der Waals surface area contributed by atoms with E-state index < -0.39 is 0 Å². The van der Waals surface area contributed by atoms with Crippen LogP contribution in [0.4, 0.5) is 0 Å². The fourth-order valence-corrected chi connectivity index (χ4v) is 4.44. The maximum absolute atomic E-state index is 4.50. The van der Waals surface area contributed by atoms with Gasteiger partial charge in [0.2, 0.25) is 0 Å². The lowest BCUT2D eigenvalue weighted by molar-refractivity contribution is 0.375. The van der Waals surface area contributed by atoms with Gasteiger partial charge in [-0.15, -0.1) is 24.0 Å². The molecule has 0 spiro atoms. The van der Waals surface area contributed by atoms with Gasteiger partial charge in [0.15, 0.2) is 5.96 Å². The summed E-state index contributed by atoms with van der Waals surface area (Å²) in [6.07, 6.45) is 1.30. The number of aliphatic imine (C=N–C) groups is 1. The van der Waals surface area contributed by atoms with E-state index in [-0.39, 0.29) is 24.0 Å². The lowest BCUT2D eigenvalue weighted by atomic mass is 10.1. The topological polar surface area (TPSA) is 27.6 Å². The first-order valence-electron chi connectivity index (χ1n) is 8.23. The average molecular weight is 445 g/mol. The minimum Gasteiger partial charge on any atom is -0.356 e. The largest absolute Gasteiger partial charge is 0.356 e. The zero-order valence-corrected chi connectivity index (χ0v) is 17.4. The molecule has 1 N–H and O–H groups in total. The van der Waals surface area contributed by atoms with Crippen LogP contribution in [0.15, 0.2) is 35.3 Å². The molecule has 1 heterocycles. The summed E-state index contributed by atoms with van der Waals surface area (Å²) in [6, 6.07) is 10.9. The molecule has 3 rings (SSSR count). The van der Waals surface area contributed by atoms with Gasteiger partial charge in [0.25, 0.3) is 0 Å². The predicted molar refractivity (Wildman–Crippen MR) is 112 cm³/mol. The highest BCUT2D eigenvalue weighted by Crippen LogP contribution is 2.46. The summed E-state index contributed by atoms with van der Waals surface area (Å²) in [4.78, 5) is 6.91. The van der Waals surface area contributed by atoms with Crippen LogP contribution in [0.1, 0.15) is 31.7 Å². The number of guanidine groups is 1. The van der Waals surface area contributed by atoms with E-state index in [1.54, 1.807) is 0 Å². The third-order valence-corrected chi connectivity index (χ3v) is 5.91. The van der Waals surface area contributed by atoms with Gasteiger partial charge in [0.05, 0.1) is 0 Å². The van der Waals surface area contributed by atoms with E-state index in [9.17, 15) is 0 Å². The zero-order chi connectivity index (χ0) is 15.6. The van der Waals surface area contributed by atoms with Crippen molar-refractivity contribution in [3.63, 3.8) is 0 Å². The van der Waals surface area contributed by atoms with E-state index in [1.807, 2.05) is 7.05 Å². The van der Waals surface area contributed by atoms with Crippen molar-refractivity contribution >= 4 is 41.7 Å². The highest BCUT2D eigenvalue weighted by Gasteiger charge is 2.38. The molecule has 1 aliphatic heterocycles. The van der Waals surface area contributed by atoms with Crippen LogP contribution >= 0.6 is 35.7 Å². The van der Waals surface area contributed by atoms with Gasteiger partial charge in [-0.2, -0.15) is 11.8 Å². The lowest BCUT2D eigenvalue weighted by Crippen LogP contribution is -2.51. The van der Waals surface area contributed by atoms with Crippen molar-refractivity contribution in [2.75, 3.05) is 32.4 Å². The van der Waals surface area contributed by atoms with Gasteiger partial charge in [-0.3, -0.25) is 4.99 Å². The summed E-state index contributed by atoms with van der Waals surface area (Å²) in [7, 11) is 1.90. The first-order valence-corrected chi connectivity index (χ1v) is 9.22. The van der Waals surface area contributed by atoms with Crippen molar-refractivity contribution in [2.24, 2.45) is 10.9 Å². The molecule has 2 unspecified atom stereocenters. The average Bonchev–Trinajstić information content (AvgIpc) is 3.27. The lowest BCUT2D eigenvalue weighted by Gasteiger charge is -2.39. The van der Waals surface area contributed by atoms with E-state index in [1.165, 1.54) is 17.7 Å². The van der Waals surface area contributed by atoms with Crippen LogP contribution in [0.3, 0.4) is 0 Å². The van der Waals surface area contributed by atoms with Crippen molar-refractivity contribution in [2.45, 2.75) is 30.9 Å². The zero-order valence-electron chi connectivity index (χ0n) is 14.3. The molecule has 1 aromatic rings. The maximum Gasteiger partial charge on any atom is 0.193 e. The third-order valence-electron chi connectivity index (χ3n) is 4.61. The molecule has 0 amide bonds. The van der Waals surface area contributed by atoms with Crippen LogP contribution in [0.5, 0.6) is 0 Å². The number of thioether (sulfide) groups is 1. The smallest absolute Gasteiger partial charge is 0.193 e. The van der Waals surface area contributed by atoms with E-state index in [0.29, 0.717) is 4.75 Å². The fourth-order valence-electron chi connectivity index (χ4n) is 3.33. The molecule has 1 saturated carbocycles. The number of hydrogen-bond donors (Lipinski definition) is 1. The first-order chi connectivity index (χ1) is 10.6. The highest BCUT2D eigenvalue weighted by atomic mass is 127. The Hall–Kier alpha value is -0.430. The molecule has 3 nitrogen and oxygen atoms in total. The van der Waals surface area contributed by atoms with E-state index in [0.717, 1.165) is 37.4 Å². The summed E-state index contributed by atoms with van der Waals surface area (Å²) in [5.41, 5.74) is 1.49. The Kier molecular flexibility index (Phi) is 6.66. The minimum absolute atomic E-state index is 0. The van der Waals surface area contributed by atoms with Gasteiger partial charge in [-0.1, -0.05) is 30.3 Å². The molecule has 2 aliphatic rings. The van der Waals surface area contributed by atoms with Crippen LogP contribution in [0, 0.1) is 5.92 Å². The number of halogens is 1. The van der Waals surface area contributed by atoms with Gasteiger partial charge < -0.3 is 10.2 Å². The second-order valence-electron chi connectivity index (χ2n) is 6.97. The molecular weight excluding hydrogens is 417 g/mol. The number of nitrogens with zero attached hydrogens (tertiary/aromatic N) is 2. The number of hydrogen-bond acceptors (Lipinski definition) is 2. The van der Waals surface area contributed by atoms with Crippen LogP contribution < -0.4 is 5.32 Å². The van der Waals surface area contributed by atoms with Crippen LogP contribution in [-0.4, -0.2) is 48.0 Å². The Labute approximate surface area is 161 Å². The molecule has 1 saturated heterocycles. The Morgan fingerprint density at radius 2 is 2.09 bits per heavy atom. The maximum atomic E-state index is 4.50. The van der Waals surface area contributed by atoms with Crippen molar-refractivity contribution in [3.05, 3.63) is 35.9 Å². The van der Waals surface area contributed by atoms with E-state index >= 15 is 0 Å². The molecule has 0 aromatic heterocycles. The second-order valence-corrected chi connectivity index (χ2v) is 8.77. The highest BCUT2D eigenvalue weighted by molar-refractivity contribution is 14.0. The fraction of sp³-hybridized carbons (Fsp3) is 0.611. The summed E-state index contributed by atoms with van der Waals surface area (Å²) in [5.74, 6) is 3.75. The van der Waals surface area contributed by atoms with Gasteiger partial charge in [0.1, 0.15) is 0 Å². The third kappa shape index (κ3) is 5.02. The van der Waals surface area contributed by atoms with Gasteiger partial charge >= 0.3 is 0 Å². The molecule has 5 heteroatoms. The quantitative estimate of drug-likeness (QED) is 0.436. The summed E-state index contributed by atoms with van der Waals surface area (Å²) in [6.45, 7) is 7.85. The monoisotopic (exact) mass is 445 g/mol. The second kappa shape index (κ2) is 8.10. The Morgan fingerprint density at radius 1 is 1.35 bits per heavy atom. The number of rotatable bonds is 3. The summed E-state index contributed by atoms with van der Waals surface area (Å²) < 4.78 is 0.321. The van der Waals surface area contributed by atoms with Gasteiger partial charge in [-0.05, 0) is 37.7 Å². The Balaban J connectivity index is 0.00000192.